The number of unbranched alkanes of at least 4 members (excludes halogenated alkanes) is 1. The number of imidazole rings is 1. The Morgan fingerprint density at radius 1 is 0.704 bits per heavy atom. The van der Waals surface area contributed by atoms with Crippen molar-refractivity contribution in [3.63, 3.8) is 0 Å². The first kappa shape index (κ1) is 44.2. The minimum Gasteiger partial charge on any atom is -0.370 e. The number of primary amides is 1. The number of carbonyl (C=O) groups excluding carboxylic acids is 7. The van der Waals surface area contributed by atoms with Crippen LogP contribution >= 0.6 is 0 Å². The highest BCUT2D eigenvalue weighted by Gasteiger charge is 2.32. The van der Waals surface area contributed by atoms with Gasteiger partial charge in [0.2, 0.25) is 41.4 Å². The fourth-order valence-electron chi connectivity index (χ4n) is 5.19. The first-order valence-corrected chi connectivity index (χ1v) is 17.8. The number of hydrogen-bond acceptors (Lipinski definition) is 9. The van der Waals surface area contributed by atoms with Crippen molar-refractivity contribution in [1.82, 2.24) is 41.9 Å². The van der Waals surface area contributed by atoms with Crippen LogP contribution in [0.2, 0.25) is 0 Å². The number of nitrogens with two attached hydrogens (primary N) is 3. The predicted octanol–water partition coefficient (Wildman–Crippen LogP) is -2.11. The molecular weight excluding hydrogens is 700 g/mol. The molecule has 0 aliphatic carbocycles. The van der Waals surface area contributed by atoms with Crippen molar-refractivity contribution >= 4 is 47.3 Å². The molecule has 19 heteroatoms. The Balaban J connectivity index is 2.34. The topological polar surface area (TPSA) is 311 Å². The highest BCUT2D eigenvalue weighted by atomic mass is 16.2. The normalized spacial score (nSPS) is 14.1. The van der Waals surface area contributed by atoms with Gasteiger partial charge in [-0.1, -0.05) is 50.1 Å². The maximum Gasteiger partial charge on any atom is 0.243 e. The lowest BCUT2D eigenvalue weighted by molar-refractivity contribution is -0.135. The van der Waals surface area contributed by atoms with Gasteiger partial charge in [0.15, 0.2) is 5.96 Å². The molecular formula is C35H54N12O7. The van der Waals surface area contributed by atoms with Crippen molar-refractivity contribution in [2.75, 3.05) is 6.54 Å². The van der Waals surface area contributed by atoms with Crippen LogP contribution in [-0.4, -0.2) is 100 Å². The van der Waals surface area contributed by atoms with Crippen molar-refractivity contribution in [2.24, 2.45) is 22.2 Å². The highest BCUT2D eigenvalue weighted by molar-refractivity contribution is 5.97. The summed E-state index contributed by atoms with van der Waals surface area (Å²) in [6.45, 7) is 6.22. The van der Waals surface area contributed by atoms with Crippen LogP contribution in [0.25, 0.3) is 0 Å². The number of aromatic amines is 1. The molecule has 0 saturated heterocycles. The molecule has 0 spiro atoms. The Morgan fingerprint density at radius 3 is 1.80 bits per heavy atom. The van der Waals surface area contributed by atoms with Crippen molar-refractivity contribution in [2.45, 2.75) is 109 Å². The number of amides is 7. The van der Waals surface area contributed by atoms with Gasteiger partial charge in [-0.2, -0.15) is 0 Å². The number of benzene rings is 1. The van der Waals surface area contributed by atoms with Crippen LogP contribution in [0.5, 0.6) is 0 Å². The molecule has 0 aliphatic rings. The summed E-state index contributed by atoms with van der Waals surface area (Å²) >= 11 is 0. The van der Waals surface area contributed by atoms with E-state index in [2.05, 4.69) is 46.9 Å². The molecule has 54 heavy (non-hydrogen) atoms. The van der Waals surface area contributed by atoms with Crippen LogP contribution in [0.1, 0.15) is 71.1 Å². The molecule has 0 bridgehead atoms. The Kier molecular flexibility index (Phi) is 18.7. The van der Waals surface area contributed by atoms with E-state index in [-0.39, 0.29) is 38.2 Å². The average Bonchev–Trinajstić information content (AvgIpc) is 3.63. The molecule has 1 aromatic heterocycles. The molecule has 1 aromatic carbocycles. The molecule has 0 fully saturated rings. The van der Waals surface area contributed by atoms with Crippen molar-refractivity contribution in [3.05, 3.63) is 54.1 Å². The molecule has 0 saturated carbocycles. The molecule has 0 radical (unpaired) electrons. The van der Waals surface area contributed by atoms with E-state index in [4.69, 9.17) is 17.2 Å². The number of nitrogens with zero attached hydrogens (tertiary/aromatic N) is 2. The van der Waals surface area contributed by atoms with Crippen LogP contribution in [-0.2, 0) is 46.4 Å². The van der Waals surface area contributed by atoms with Crippen LogP contribution in [0.4, 0.5) is 0 Å². The number of hydrogen-bond donors (Lipinski definition) is 10. The second-order valence-corrected chi connectivity index (χ2v) is 12.9. The summed E-state index contributed by atoms with van der Waals surface area (Å²) in [5.41, 5.74) is 17.3. The molecule has 2 rings (SSSR count). The maximum atomic E-state index is 14.0. The zero-order valence-electron chi connectivity index (χ0n) is 31.1. The molecule has 6 atom stereocenters. The van der Waals surface area contributed by atoms with Gasteiger partial charge in [0.1, 0.15) is 36.3 Å². The molecule has 7 amide bonds. The zero-order valence-corrected chi connectivity index (χ0v) is 31.1. The monoisotopic (exact) mass is 754 g/mol. The summed E-state index contributed by atoms with van der Waals surface area (Å²) in [6.07, 6.45) is 4.96. The van der Waals surface area contributed by atoms with E-state index < -0.39 is 77.6 Å². The summed E-state index contributed by atoms with van der Waals surface area (Å²) in [5, 5.41) is 15.7. The number of nitrogens with one attached hydrogen (secondary N) is 7. The summed E-state index contributed by atoms with van der Waals surface area (Å²) in [7, 11) is 0. The van der Waals surface area contributed by atoms with E-state index in [1.165, 1.54) is 33.3 Å². The number of rotatable bonds is 23. The van der Waals surface area contributed by atoms with Gasteiger partial charge in [0.05, 0.1) is 6.33 Å². The minimum absolute atomic E-state index is 0.00206. The van der Waals surface area contributed by atoms with Crippen molar-refractivity contribution < 1.29 is 33.6 Å². The molecule has 2 aromatic rings. The third-order valence-corrected chi connectivity index (χ3v) is 8.18. The first-order valence-electron chi connectivity index (χ1n) is 17.8. The standard InChI is InChI=1S/C35H54N12O7/c1-5-6-13-25(44-22(4)48)31(51)43-21(3)30(50)46-28(17-24-18-39-19-41-24)34(54)47-27(16-23-11-8-7-9-12-23)33(53)45-26(14-10-15-40-35(37)38)32(52)42-20(2)29(36)49/h7-9,11-12,18-21,25-28H,5-6,10,13-17H2,1-4H3,(H2,36,49)(H,39,41)(H,42,52)(H,43,51)(H,44,48)(H,45,53)(H,46,50)(H,47,54)(H4,37,38,40)/t20-,21-,25-,26-,27+,28-/m0/s1. The molecule has 13 N–H and O–H groups in total. The molecule has 0 unspecified atom stereocenters. The summed E-state index contributed by atoms with van der Waals surface area (Å²) in [6, 6.07) is 2.11. The van der Waals surface area contributed by atoms with E-state index in [1.54, 1.807) is 30.3 Å². The number of aliphatic imine (C=N–C) groups is 1. The summed E-state index contributed by atoms with van der Waals surface area (Å²) < 4.78 is 0. The van der Waals surface area contributed by atoms with Crippen LogP contribution in [0.3, 0.4) is 0 Å². The Bertz CT molecular complexity index is 1580. The number of carbonyl (C=O) groups is 7. The van der Waals surface area contributed by atoms with Gasteiger partial charge in [-0.3, -0.25) is 38.6 Å². The van der Waals surface area contributed by atoms with Gasteiger partial charge >= 0.3 is 0 Å². The van der Waals surface area contributed by atoms with Crippen LogP contribution in [0.15, 0.2) is 47.8 Å². The molecule has 1 heterocycles. The maximum absolute atomic E-state index is 14.0. The molecule has 19 nitrogen and oxygen atoms in total. The van der Waals surface area contributed by atoms with Crippen LogP contribution < -0.4 is 49.1 Å². The number of aromatic nitrogens is 2. The predicted molar refractivity (Wildman–Crippen MR) is 200 cm³/mol. The minimum atomic E-state index is -1.26. The third-order valence-electron chi connectivity index (χ3n) is 8.18. The van der Waals surface area contributed by atoms with Gasteiger partial charge < -0.3 is 54.1 Å². The Morgan fingerprint density at radius 2 is 1.24 bits per heavy atom. The number of guanidine groups is 1. The van der Waals surface area contributed by atoms with E-state index in [0.717, 1.165) is 6.42 Å². The van der Waals surface area contributed by atoms with Gasteiger partial charge in [-0.15, -0.1) is 0 Å². The smallest absolute Gasteiger partial charge is 0.243 e. The SMILES string of the molecule is CCCC[C@H](NC(C)=O)C(=O)N[C@@H](C)C(=O)N[C@@H](Cc1cnc[nH]1)C(=O)N[C@H](Cc1ccccc1)C(=O)N[C@@H](CCCN=C(N)N)C(=O)N[C@@H](C)C(N)=O. The van der Waals surface area contributed by atoms with E-state index >= 15 is 0 Å². The highest BCUT2D eigenvalue weighted by Crippen LogP contribution is 2.09. The van der Waals surface area contributed by atoms with Gasteiger partial charge in [0, 0.05) is 38.2 Å². The lowest BCUT2D eigenvalue weighted by Crippen LogP contribution is -2.60. The lowest BCUT2D eigenvalue weighted by Gasteiger charge is -2.27. The fourth-order valence-corrected chi connectivity index (χ4v) is 5.19. The van der Waals surface area contributed by atoms with Crippen molar-refractivity contribution in [1.29, 1.82) is 0 Å². The summed E-state index contributed by atoms with van der Waals surface area (Å²) in [5.74, 6) is -4.77. The second-order valence-electron chi connectivity index (χ2n) is 12.9. The largest absolute Gasteiger partial charge is 0.370 e. The van der Waals surface area contributed by atoms with Gasteiger partial charge in [-0.25, -0.2) is 4.98 Å². The molecule has 296 valence electrons. The first-order chi connectivity index (χ1) is 25.6. The number of H-pyrrole nitrogens is 1. The van der Waals surface area contributed by atoms with Crippen molar-refractivity contribution in [3.8, 4) is 0 Å². The fraction of sp³-hybridized carbons (Fsp3) is 0.514. The molecule has 0 aliphatic heterocycles. The third kappa shape index (κ3) is 16.1. The quantitative estimate of drug-likeness (QED) is 0.0335. The Labute approximate surface area is 314 Å². The van der Waals surface area contributed by atoms with Gasteiger partial charge in [-0.05, 0) is 38.7 Å². The zero-order chi connectivity index (χ0) is 40.2. The van der Waals surface area contributed by atoms with Gasteiger partial charge in [0.25, 0.3) is 0 Å². The lowest BCUT2D eigenvalue weighted by atomic mass is 10.0. The second kappa shape index (κ2) is 22.8. The summed E-state index contributed by atoms with van der Waals surface area (Å²) in [4.78, 5) is 102. The van der Waals surface area contributed by atoms with E-state index in [0.29, 0.717) is 24.1 Å². The van der Waals surface area contributed by atoms with E-state index in [9.17, 15) is 33.6 Å². The van der Waals surface area contributed by atoms with E-state index in [1.807, 2.05) is 6.92 Å². The average molecular weight is 755 g/mol. The van der Waals surface area contributed by atoms with Crippen LogP contribution in [0, 0.1) is 0 Å². The Hall–Kier alpha value is -6.01.